The summed E-state index contributed by atoms with van der Waals surface area (Å²) in [5.41, 5.74) is 2.44. The van der Waals surface area contributed by atoms with E-state index < -0.39 is 0 Å². The smallest absolute Gasteiger partial charge is 0.218 e. The Bertz CT molecular complexity index is 328. The average Bonchev–Trinajstić information content (AvgIpc) is 2.38. The van der Waals surface area contributed by atoms with E-state index in [4.69, 9.17) is 15.3 Å². The number of anilines is 1. The van der Waals surface area contributed by atoms with Crippen LogP contribution in [0.25, 0.3) is 0 Å². The van der Waals surface area contributed by atoms with Gasteiger partial charge >= 0.3 is 0 Å². The highest BCUT2D eigenvalue weighted by atomic mass is 16.5. The number of nitrogen functional groups attached to an aromatic ring is 1. The van der Waals surface area contributed by atoms with Crippen molar-refractivity contribution in [1.29, 1.82) is 0 Å². The van der Waals surface area contributed by atoms with Crippen LogP contribution >= 0.6 is 0 Å². The lowest BCUT2D eigenvalue weighted by Crippen LogP contribution is -2.26. The highest BCUT2D eigenvalue weighted by molar-refractivity contribution is 5.35. The van der Waals surface area contributed by atoms with Crippen LogP contribution in [0, 0.1) is 0 Å². The van der Waals surface area contributed by atoms with Crippen LogP contribution in [0.2, 0.25) is 0 Å². The van der Waals surface area contributed by atoms with Gasteiger partial charge in [0.05, 0.1) is 6.10 Å². The number of aromatic nitrogens is 2. The summed E-state index contributed by atoms with van der Waals surface area (Å²) >= 11 is 0. The molecule has 0 aliphatic carbocycles. The topological polar surface area (TPSA) is 82.3 Å². The fourth-order valence-electron chi connectivity index (χ4n) is 1.61. The molecule has 1 aromatic heterocycles. The van der Waals surface area contributed by atoms with Gasteiger partial charge in [-0.1, -0.05) is 0 Å². The molecule has 1 fully saturated rings. The molecule has 2 heterocycles. The highest BCUT2D eigenvalue weighted by Crippen LogP contribution is 2.15. The Hall–Kier alpha value is -1.40. The average molecular weight is 224 g/mol. The summed E-state index contributed by atoms with van der Waals surface area (Å²) in [7, 11) is 0. The summed E-state index contributed by atoms with van der Waals surface area (Å²) in [4.78, 5) is 7.88. The Kier molecular flexibility index (Phi) is 3.90. The first-order valence-electron chi connectivity index (χ1n) is 5.41. The van der Waals surface area contributed by atoms with Gasteiger partial charge in [-0.25, -0.2) is 15.8 Å². The van der Waals surface area contributed by atoms with Crippen molar-refractivity contribution in [1.82, 2.24) is 9.97 Å². The quantitative estimate of drug-likeness (QED) is 0.579. The molecule has 1 atom stereocenters. The molecule has 16 heavy (non-hydrogen) atoms. The maximum Gasteiger partial charge on any atom is 0.218 e. The third kappa shape index (κ3) is 3.04. The standard InChI is InChI=1S/C10H16N4O2/c11-14-9-5-10(13-7-12-9)16-6-8-3-1-2-4-15-8/h5,7-8H,1-4,6,11H2,(H,12,13,14). The zero-order valence-electron chi connectivity index (χ0n) is 9.06. The van der Waals surface area contributed by atoms with Gasteiger partial charge in [0, 0.05) is 12.7 Å². The lowest BCUT2D eigenvalue weighted by Gasteiger charge is -2.22. The van der Waals surface area contributed by atoms with Gasteiger partial charge in [0.25, 0.3) is 0 Å². The molecule has 1 aliphatic rings. The molecule has 88 valence electrons. The molecule has 6 nitrogen and oxygen atoms in total. The minimum Gasteiger partial charge on any atom is -0.475 e. The number of hydrogen-bond acceptors (Lipinski definition) is 6. The lowest BCUT2D eigenvalue weighted by atomic mass is 10.1. The molecular weight excluding hydrogens is 208 g/mol. The molecule has 0 saturated carbocycles. The van der Waals surface area contributed by atoms with Crippen molar-refractivity contribution in [2.45, 2.75) is 25.4 Å². The van der Waals surface area contributed by atoms with E-state index >= 15 is 0 Å². The highest BCUT2D eigenvalue weighted by Gasteiger charge is 2.14. The van der Waals surface area contributed by atoms with Crippen molar-refractivity contribution in [2.75, 3.05) is 18.6 Å². The Morgan fingerprint density at radius 2 is 2.44 bits per heavy atom. The molecule has 0 bridgehead atoms. The summed E-state index contributed by atoms with van der Waals surface area (Å²) in [5, 5.41) is 0. The predicted octanol–water partition coefficient (Wildman–Crippen LogP) is 0.710. The number of rotatable bonds is 4. The minimum atomic E-state index is 0.179. The Morgan fingerprint density at radius 3 is 3.19 bits per heavy atom. The van der Waals surface area contributed by atoms with Gasteiger partial charge < -0.3 is 14.9 Å². The number of nitrogens with zero attached hydrogens (tertiary/aromatic N) is 2. The number of hydrogen-bond donors (Lipinski definition) is 2. The van der Waals surface area contributed by atoms with Crippen LogP contribution in [0.4, 0.5) is 5.82 Å². The van der Waals surface area contributed by atoms with E-state index in [0.717, 1.165) is 19.4 Å². The van der Waals surface area contributed by atoms with E-state index in [0.29, 0.717) is 18.3 Å². The molecule has 1 aliphatic heterocycles. The van der Waals surface area contributed by atoms with Gasteiger partial charge in [0.1, 0.15) is 18.8 Å². The summed E-state index contributed by atoms with van der Waals surface area (Å²) in [6, 6.07) is 1.66. The van der Waals surface area contributed by atoms with Gasteiger partial charge in [-0.15, -0.1) is 0 Å². The molecule has 0 amide bonds. The van der Waals surface area contributed by atoms with Crippen molar-refractivity contribution in [3.8, 4) is 5.88 Å². The maximum atomic E-state index is 5.55. The van der Waals surface area contributed by atoms with Crippen LogP contribution in [0.15, 0.2) is 12.4 Å². The predicted molar refractivity (Wildman–Crippen MR) is 58.9 cm³/mol. The van der Waals surface area contributed by atoms with Crippen LogP contribution < -0.4 is 16.0 Å². The van der Waals surface area contributed by atoms with E-state index in [1.807, 2.05) is 0 Å². The first-order chi connectivity index (χ1) is 7.88. The largest absolute Gasteiger partial charge is 0.475 e. The summed E-state index contributed by atoms with van der Waals surface area (Å²) in [6.07, 6.45) is 4.98. The molecule has 1 aromatic rings. The number of ether oxygens (including phenoxy) is 2. The van der Waals surface area contributed by atoms with Crippen molar-refractivity contribution < 1.29 is 9.47 Å². The molecule has 3 N–H and O–H groups in total. The SMILES string of the molecule is NNc1cc(OCC2CCCCO2)ncn1. The van der Waals surface area contributed by atoms with Gasteiger partial charge in [-0.3, -0.25) is 0 Å². The van der Waals surface area contributed by atoms with Crippen LogP contribution in [0.1, 0.15) is 19.3 Å². The van der Waals surface area contributed by atoms with E-state index in [2.05, 4.69) is 15.4 Å². The maximum absolute atomic E-state index is 5.55. The van der Waals surface area contributed by atoms with E-state index in [-0.39, 0.29) is 6.10 Å². The molecule has 1 unspecified atom stereocenters. The Balaban J connectivity index is 1.83. The third-order valence-electron chi connectivity index (χ3n) is 2.48. The molecule has 1 saturated heterocycles. The lowest BCUT2D eigenvalue weighted by molar-refractivity contribution is -0.0119. The molecule has 0 spiro atoms. The zero-order valence-corrected chi connectivity index (χ0v) is 9.06. The molecule has 0 aromatic carbocycles. The van der Waals surface area contributed by atoms with Crippen molar-refractivity contribution >= 4 is 5.82 Å². The fourth-order valence-corrected chi connectivity index (χ4v) is 1.61. The second kappa shape index (κ2) is 5.62. The number of nitrogens with one attached hydrogen (secondary N) is 1. The van der Waals surface area contributed by atoms with E-state index in [1.54, 1.807) is 6.07 Å². The van der Waals surface area contributed by atoms with Crippen LogP contribution in [-0.2, 0) is 4.74 Å². The second-order valence-electron chi connectivity index (χ2n) is 3.69. The molecular formula is C10H16N4O2. The normalized spacial score (nSPS) is 20.4. The molecule has 0 radical (unpaired) electrons. The third-order valence-corrected chi connectivity index (χ3v) is 2.48. The first-order valence-corrected chi connectivity index (χ1v) is 5.41. The van der Waals surface area contributed by atoms with Gasteiger partial charge in [-0.2, -0.15) is 0 Å². The zero-order chi connectivity index (χ0) is 11.2. The van der Waals surface area contributed by atoms with Crippen molar-refractivity contribution in [3.63, 3.8) is 0 Å². The first kappa shape index (κ1) is 11.1. The molecule has 6 heteroatoms. The van der Waals surface area contributed by atoms with Gasteiger partial charge in [0.2, 0.25) is 5.88 Å². The van der Waals surface area contributed by atoms with Crippen LogP contribution in [0.3, 0.4) is 0 Å². The van der Waals surface area contributed by atoms with Crippen molar-refractivity contribution in [2.24, 2.45) is 5.84 Å². The Labute approximate surface area is 94.1 Å². The van der Waals surface area contributed by atoms with Crippen molar-refractivity contribution in [3.05, 3.63) is 12.4 Å². The fraction of sp³-hybridized carbons (Fsp3) is 0.600. The minimum absolute atomic E-state index is 0.179. The Morgan fingerprint density at radius 1 is 1.50 bits per heavy atom. The summed E-state index contributed by atoms with van der Waals surface area (Å²) in [6.45, 7) is 1.36. The summed E-state index contributed by atoms with van der Waals surface area (Å²) < 4.78 is 11.1. The van der Waals surface area contributed by atoms with Gasteiger partial charge in [-0.05, 0) is 19.3 Å². The number of hydrazine groups is 1. The van der Waals surface area contributed by atoms with E-state index in [9.17, 15) is 0 Å². The number of nitrogens with two attached hydrogens (primary N) is 1. The van der Waals surface area contributed by atoms with Gasteiger partial charge in [0.15, 0.2) is 0 Å². The van der Waals surface area contributed by atoms with Crippen LogP contribution in [0.5, 0.6) is 5.88 Å². The summed E-state index contributed by atoms with van der Waals surface area (Å²) in [5.74, 6) is 6.29. The molecule has 2 rings (SSSR count). The van der Waals surface area contributed by atoms with E-state index in [1.165, 1.54) is 12.7 Å². The second-order valence-corrected chi connectivity index (χ2v) is 3.69. The van der Waals surface area contributed by atoms with Crippen LogP contribution in [-0.4, -0.2) is 29.3 Å². The monoisotopic (exact) mass is 224 g/mol.